The van der Waals surface area contributed by atoms with Gasteiger partial charge in [0.1, 0.15) is 0 Å². The highest BCUT2D eigenvalue weighted by Gasteiger charge is 2.36. The number of hydrogen-bond acceptors (Lipinski definition) is 3. The molecule has 0 bridgehead atoms. The third-order valence-corrected chi connectivity index (χ3v) is 6.04. The van der Waals surface area contributed by atoms with Crippen LogP contribution in [0.5, 0.6) is 0 Å². The molecule has 1 aromatic carbocycles. The van der Waals surface area contributed by atoms with Crippen LogP contribution in [0.2, 0.25) is 0 Å². The maximum Gasteiger partial charge on any atom is 0.326 e. The summed E-state index contributed by atoms with van der Waals surface area (Å²) in [5.41, 5.74) is 3.48. The van der Waals surface area contributed by atoms with E-state index < -0.39 is 0 Å². The number of ether oxygens (including phenoxy) is 1. The molecule has 2 aromatic rings. The van der Waals surface area contributed by atoms with Gasteiger partial charge in [-0.2, -0.15) is 0 Å². The van der Waals surface area contributed by atoms with Crippen molar-refractivity contribution in [3.8, 4) is 0 Å². The zero-order chi connectivity index (χ0) is 16.7. The minimum absolute atomic E-state index is 0.0336. The number of imidazole rings is 1. The van der Waals surface area contributed by atoms with Crippen molar-refractivity contribution in [2.24, 2.45) is 0 Å². The number of nitrogens with zero attached hydrogens (tertiary/aromatic N) is 2. The van der Waals surface area contributed by atoms with Crippen LogP contribution in [-0.4, -0.2) is 46.3 Å². The molecule has 5 nitrogen and oxygen atoms in total. The molecule has 0 unspecified atom stereocenters. The van der Waals surface area contributed by atoms with Gasteiger partial charge < -0.3 is 9.72 Å². The molecule has 0 spiro atoms. The highest BCUT2D eigenvalue weighted by Crippen LogP contribution is 2.33. The summed E-state index contributed by atoms with van der Waals surface area (Å²) in [7, 11) is 0. The molecule has 24 heavy (non-hydrogen) atoms. The number of aryl methyl sites for hydroxylation is 1. The maximum atomic E-state index is 12.5. The van der Waals surface area contributed by atoms with Crippen molar-refractivity contribution in [1.82, 2.24) is 14.5 Å². The van der Waals surface area contributed by atoms with Gasteiger partial charge in [0.25, 0.3) is 0 Å². The zero-order valence-electron chi connectivity index (χ0n) is 14.7. The van der Waals surface area contributed by atoms with Crippen molar-refractivity contribution in [1.29, 1.82) is 0 Å². The average molecular weight is 329 g/mol. The molecule has 130 valence electrons. The average Bonchev–Trinajstić information content (AvgIpc) is 2.90. The summed E-state index contributed by atoms with van der Waals surface area (Å²) in [6.45, 7) is 8.30. The van der Waals surface area contributed by atoms with E-state index in [1.807, 2.05) is 4.57 Å². The molecule has 2 saturated heterocycles. The van der Waals surface area contributed by atoms with E-state index in [-0.39, 0.29) is 11.2 Å². The highest BCUT2D eigenvalue weighted by molar-refractivity contribution is 5.76. The van der Waals surface area contributed by atoms with Gasteiger partial charge in [-0.25, -0.2) is 4.79 Å². The Labute approximate surface area is 142 Å². The molecule has 4 rings (SSSR count). The molecule has 1 aromatic heterocycles. The Balaban J connectivity index is 1.54. The minimum atomic E-state index is 0.0336. The van der Waals surface area contributed by atoms with E-state index in [2.05, 4.69) is 41.9 Å². The SMILES string of the molecule is Cc1ccc2c(c1)[nH]c(=O)n2C1CCN(C2(C)CCOCC2)CC1. The first-order valence-electron chi connectivity index (χ1n) is 9.10. The molecule has 0 aliphatic carbocycles. The first-order valence-corrected chi connectivity index (χ1v) is 9.10. The van der Waals surface area contributed by atoms with Gasteiger partial charge in [-0.05, 0) is 57.2 Å². The van der Waals surface area contributed by atoms with Gasteiger partial charge in [-0.3, -0.25) is 9.47 Å². The lowest BCUT2D eigenvalue weighted by atomic mass is 9.87. The summed E-state index contributed by atoms with van der Waals surface area (Å²) in [6, 6.07) is 6.53. The Morgan fingerprint density at radius 3 is 2.62 bits per heavy atom. The number of fused-ring (bicyclic) bond motifs is 1. The monoisotopic (exact) mass is 329 g/mol. The normalized spacial score (nSPS) is 22.9. The Morgan fingerprint density at radius 1 is 1.21 bits per heavy atom. The predicted octanol–water partition coefficient (Wildman–Crippen LogP) is 2.84. The number of hydrogen-bond donors (Lipinski definition) is 1. The Morgan fingerprint density at radius 2 is 1.92 bits per heavy atom. The van der Waals surface area contributed by atoms with Crippen LogP contribution >= 0.6 is 0 Å². The zero-order valence-corrected chi connectivity index (χ0v) is 14.7. The second-order valence-electron chi connectivity index (χ2n) is 7.65. The number of likely N-dealkylation sites (tertiary alicyclic amines) is 1. The van der Waals surface area contributed by atoms with Crippen LogP contribution in [0.15, 0.2) is 23.0 Å². The fourth-order valence-electron chi connectivity index (χ4n) is 4.40. The lowest BCUT2D eigenvalue weighted by molar-refractivity contribution is -0.0312. The van der Waals surface area contributed by atoms with Crippen LogP contribution in [0.4, 0.5) is 0 Å². The Kier molecular flexibility index (Phi) is 4.01. The van der Waals surface area contributed by atoms with Crippen LogP contribution in [0.1, 0.15) is 44.2 Å². The third kappa shape index (κ3) is 2.70. The fourth-order valence-corrected chi connectivity index (χ4v) is 4.40. The Bertz CT molecular complexity index is 777. The van der Waals surface area contributed by atoms with Gasteiger partial charge in [0, 0.05) is 37.9 Å². The highest BCUT2D eigenvalue weighted by atomic mass is 16.5. The van der Waals surface area contributed by atoms with E-state index in [1.165, 1.54) is 5.56 Å². The van der Waals surface area contributed by atoms with Gasteiger partial charge in [0.2, 0.25) is 0 Å². The molecule has 0 amide bonds. The molecule has 0 saturated carbocycles. The first-order chi connectivity index (χ1) is 11.6. The molecule has 5 heteroatoms. The maximum absolute atomic E-state index is 12.5. The molecule has 3 heterocycles. The van der Waals surface area contributed by atoms with Crippen LogP contribution in [0, 0.1) is 6.92 Å². The van der Waals surface area contributed by atoms with Crippen LogP contribution < -0.4 is 5.69 Å². The number of aromatic amines is 1. The number of benzene rings is 1. The van der Waals surface area contributed by atoms with Crippen LogP contribution in [-0.2, 0) is 4.74 Å². The quantitative estimate of drug-likeness (QED) is 0.922. The number of nitrogens with one attached hydrogen (secondary N) is 1. The van der Waals surface area contributed by atoms with E-state index in [9.17, 15) is 4.79 Å². The summed E-state index contributed by atoms with van der Waals surface area (Å²) in [5, 5.41) is 0. The predicted molar refractivity (Wildman–Crippen MR) is 95.6 cm³/mol. The van der Waals surface area contributed by atoms with Crippen molar-refractivity contribution >= 4 is 11.0 Å². The van der Waals surface area contributed by atoms with Gasteiger partial charge in [0.15, 0.2) is 0 Å². The van der Waals surface area contributed by atoms with Crippen molar-refractivity contribution < 1.29 is 4.74 Å². The van der Waals surface area contributed by atoms with Crippen molar-refractivity contribution in [3.63, 3.8) is 0 Å². The van der Waals surface area contributed by atoms with Gasteiger partial charge in [-0.15, -0.1) is 0 Å². The summed E-state index contributed by atoms with van der Waals surface area (Å²) in [6.07, 6.45) is 4.31. The summed E-state index contributed by atoms with van der Waals surface area (Å²) >= 11 is 0. The first kappa shape index (κ1) is 15.9. The minimum Gasteiger partial charge on any atom is -0.381 e. The Hall–Kier alpha value is -1.59. The molecule has 2 aliphatic heterocycles. The standard InChI is InChI=1S/C19H27N3O2/c1-14-3-4-17-16(13-14)20-18(23)22(17)15-5-9-21(10-6-15)19(2)7-11-24-12-8-19/h3-4,13,15H,5-12H2,1-2H3,(H,20,23). The van der Waals surface area contributed by atoms with E-state index in [0.29, 0.717) is 6.04 Å². The molecule has 2 aliphatic rings. The lowest BCUT2D eigenvalue weighted by Crippen LogP contribution is -2.53. The fraction of sp³-hybridized carbons (Fsp3) is 0.632. The van der Waals surface area contributed by atoms with Crippen LogP contribution in [0.25, 0.3) is 11.0 Å². The van der Waals surface area contributed by atoms with E-state index in [0.717, 1.165) is 63.0 Å². The number of H-pyrrole nitrogens is 1. The largest absolute Gasteiger partial charge is 0.381 e. The third-order valence-electron chi connectivity index (χ3n) is 6.04. The van der Waals surface area contributed by atoms with E-state index >= 15 is 0 Å². The summed E-state index contributed by atoms with van der Waals surface area (Å²) in [4.78, 5) is 18.1. The van der Waals surface area contributed by atoms with E-state index in [1.54, 1.807) is 0 Å². The molecule has 0 radical (unpaired) electrons. The summed E-state index contributed by atoms with van der Waals surface area (Å²) in [5.74, 6) is 0. The second-order valence-corrected chi connectivity index (χ2v) is 7.65. The van der Waals surface area contributed by atoms with Crippen LogP contribution in [0.3, 0.4) is 0 Å². The van der Waals surface area contributed by atoms with Gasteiger partial charge in [0.05, 0.1) is 11.0 Å². The molecule has 1 N–H and O–H groups in total. The lowest BCUT2D eigenvalue weighted by Gasteiger charge is -2.47. The molecular formula is C19H27N3O2. The molecular weight excluding hydrogens is 302 g/mol. The van der Waals surface area contributed by atoms with Crippen molar-refractivity contribution in [2.45, 2.75) is 51.1 Å². The molecule has 2 fully saturated rings. The van der Waals surface area contributed by atoms with Gasteiger partial charge in [-0.1, -0.05) is 6.07 Å². The topological polar surface area (TPSA) is 50.3 Å². The number of piperidine rings is 1. The summed E-state index contributed by atoms with van der Waals surface area (Å²) < 4.78 is 7.52. The second kappa shape index (κ2) is 6.05. The van der Waals surface area contributed by atoms with Crippen molar-refractivity contribution in [3.05, 3.63) is 34.2 Å². The number of aromatic nitrogens is 2. The number of rotatable bonds is 2. The van der Waals surface area contributed by atoms with Gasteiger partial charge >= 0.3 is 5.69 Å². The molecule has 0 atom stereocenters. The smallest absolute Gasteiger partial charge is 0.326 e. The van der Waals surface area contributed by atoms with Crippen molar-refractivity contribution in [2.75, 3.05) is 26.3 Å². The van der Waals surface area contributed by atoms with E-state index in [4.69, 9.17) is 4.74 Å².